The highest BCUT2D eigenvalue weighted by Gasteiger charge is 2.45. The van der Waals surface area contributed by atoms with Gasteiger partial charge < -0.3 is 4.57 Å². The molecule has 1 heterocycles. The lowest BCUT2D eigenvalue weighted by Crippen LogP contribution is -2.08. The summed E-state index contributed by atoms with van der Waals surface area (Å²) in [5.74, 6) is 2.55. The molecule has 0 radical (unpaired) electrons. The summed E-state index contributed by atoms with van der Waals surface area (Å²) in [4.78, 5) is 4.77. The lowest BCUT2D eigenvalue weighted by Gasteiger charge is -2.10. The fraction of sp³-hybridized carbons (Fsp3) is 0.562. The fourth-order valence-corrected chi connectivity index (χ4v) is 3.05. The molecule has 2 nitrogen and oxygen atoms in total. The molecule has 3 rings (SSSR count). The van der Waals surface area contributed by atoms with Crippen LogP contribution in [-0.4, -0.2) is 15.4 Å². The minimum absolute atomic E-state index is 0.500. The number of benzene rings is 1. The summed E-state index contributed by atoms with van der Waals surface area (Å²) in [5.41, 5.74) is 4.13. The van der Waals surface area contributed by atoms with Gasteiger partial charge >= 0.3 is 0 Å². The van der Waals surface area contributed by atoms with Crippen molar-refractivity contribution in [3.8, 4) is 0 Å². The van der Waals surface area contributed by atoms with Crippen LogP contribution in [0.15, 0.2) is 18.2 Å². The van der Waals surface area contributed by atoms with Gasteiger partial charge in [0.15, 0.2) is 0 Å². The highest BCUT2D eigenvalue weighted by molar-refractivity contribution is 6.17. The van der Waals surface area contributed by atoms with Crippen LogP contribution < -0.4 is 0 Å². The largest absolute Gasteiger partial charge is 0.328 e. The molecule has 1 aliphatic rings. The van der Waals surface area contributed by atoms with E-state index in [0.29, 0.717) is 11.3 Å². The molecule has 2 aromatic rings. The molecule has 1 aromatic carbocycles. The van der Waals surface area contributed by atoms with Crippen LogP contribution in [-0.2, 0) is 13.0 Å². The number of hydrogen-bond donors (Lipinski definition) is 0. The molecule has 1 aliphatic carbocycles. The van der Waals surface area contributed by atoms with Gasteiger partial charge in [0, 0.05) is 18.8 Å². The molecule has 0 spiro atoms. The first-order chi connectivity index (χ1) is 9.01. The van der Waals surface area contributed by atoms with E-state index in [-0.39, 0.29) is 0 Å². The first-order valence-electron chi connectivity index (χ1n) is 7.03. The minimum atomic E-state index is 0.500. The highest BCUT2D eigenvalue weighted by atomic mass is 35.5. The minimum Gasteiger partial charge on any atom is -0.328 e. The number of aryl methyl sites for hydroxylation is 2. The molecule has 0 N–H and O–H groups in total. The Morgan fingerprint density at radius 2 is 2.16 bits per heavy atom. The van der Waals surface area contributed by atoms with Crippen LogP contribution in [0, 0.1) is 18.3 Å². The van der Waals surface area contributed by atoms with Crippen molar-refractivity contribution in [2.75, 3.05) is 5.88 Å². The predicted molar refractivity (Wildman–Crippen MR) is 80.8 cm³/mol. The molecule has 3 heteroatoms. The third kappa shape index (κ3) is 2.38. The van der Waals surface area contributed by atoms with Crippen molar-refractivity contribution in [2.24, 2.45) is 11.3 Å². The summed E-state index contributed by atoms with van der Waals surface area (Å²) in [6.07, 6.45) is 2.17. The summed E-state index contributed by atoms with van der Waals surface area (Å²) in [7, 11) is 0. The summed E-state index contributed by atoms with van der Waals surface area (Å²) >= 11 is 5.92. The Bertz CT molecular complexity index is 612. The van der Waals surface area contributed by atoms with Crippen molar-refractivity contribution in [2.45, 2.75) is 40.2 Å². The van der Waals surface area contributed by atoms with Gasteiger partial charge in [-0.1, -0.05) is 19.9 Å². The summed E-state index contributed by atoms with van der Waals surface area (Å²) in [6.45, 7) is 7.90. The van der Waals surface area contributed by atoms with E-state index in [9.17, 15) is 0 Å². The van der Waals surface area contributed by atoms with Crippen molar-refractivity contribution < 1.29 is 0 Å². The molecule has 1 aromatic heterocycles. The van der Waals surface area contributed by atoms with E-state index in [2.05, 4.69) is 43.5 Å². The zero-order valence-corrected chi connectivity index (χ0v) is 12.7. The second-order valence-electron chi connectivity index (χ2n) is 6.46. The highest BCUT2D eigenvalue weighted by Crippen LogP contribution is 2.52. The van der Waals surface area contributed by atoms with E-state index in [4.69, 9.17) is 16.6 Å². The van der Waals surface area contributed by atoms with Crippen LogP contribution in [0.3, 0.4) is 0 Å². The Morgan fingerprint density at radius 1 is 1.42 bits per heavy atom. The number of alkyl halides is 1. The van der Waals surface area contributed by atoms with Crippen molar-refractivity contribution in [3.05, 3.63) is 29.6 Å². The Balaban J connectivity index is 2.01. The molecule has 1 unspecified atom stereocenters. The monoisotopic (exact) mass is 276 g/mol. The first kappa shape index (κ1) is 13.0. The smallest absolute Gasteiger partial charge is 0.111 e. The second kappa shape index (κ2) is 4.52. The van der Waals surface area contributed by atoms with Gasteiger partial charge in [-0.05, 0) is 42.4 Å². The Morgan fingerprint density at radius 3 is 2.79 bits per heavy atom. The number of fused-ring (bicyclic) bond motifs is 1. The third-order valence-corrected chi connectivity index (χ3v) is 4.61. The Labute approximate surface area is 119 Å². The molecule has 0 bridgehead atoms. The van der Waals surface area contributed by atoms with Crippen LogP contribution in [0.2, 0.25) is 0 Å². The molecule has 102 valence electrons. The molecule has 1 fully saturated rings. The molecule has 1 atom stereocenters. The van der Waals surface area contributed by atoms with Crippen LogP contribution in [0.1, 0.15) is 31.7 Å². The van der Waals surface area contributed by atoms with E-state index in [1.807, 2.05) is 0 Å². The molecule has 0 amide bonds. The van der Waals surface area contributed by atoms with E-state index in [1.54, 1.807) is 0 Å². The summed E-state index contributed by atoms with van der Waals surface area (Å²) < 4.78 is 2.39. The molecular formula is C16H21ClN2. The number of nitrogens with zero attached hydrogens (tertiary/aromatic N) is 2. The standard InChI is InChI=1S/C16H21ClN2/c1-11-4-5-14-13(8-11)18-15(6-7-17)19(14)10-12-9-16(12,2)3/h4-5,8,12H,6-7,9-10H2,1-3H3. The van der Waals surface area contributed by atoms with E-state index < -0.39 is 0 Å². The first-order valence-corrected chi connectivity index (χ1v) is 7.56. The van der Waals surface area contributed by atoms with Crippen molar-refractivity contribution >= 4 is 22.6 Å². The van der Waals surface area contributed by atoms with Gasteiger partial charge in [-0.2, -0.15) is 0 Å². The van der Waals surface area contributed by atoms with Crippen molar-refractivity contribution in [1.82, 2.24) is 9.55 Å². The predicted octanol–water partition coefficient (Wildman–Crippen LogP) is 4.17. The number of rotatable bonds is 4. The maximum Gasteiger partial charge on any atom is 0.111 e. The summed E-state index contributed by atoms with van der Waals surface area (Å²) in [5, 5.41) is 0. The number of hydrogen-bond acceptors (Lipinski definition) is 1. The van der Waals surface area contributed by atoms with E-state index in [0.717, 1.165) is 30.2 Å². The molecule has 0 saturated heterocycles. The van der Waals surface area contributed by atoms with E-state index in [1.165, 1.54) is 17.5 Å². The van der Waals surface area contributed by atoms with Crippen molar-refractivity contribution in [3.63, 3.8) is 0 Å². The SMILES string of the molecule is Cc1ccc2c(c1)nc(CCCl)n2CC1CC1(C)C. The fourth-order valence-electron chi connectivity index (χ4n) is 2.88. The molecule has 19 heavy (non-hydrogen) atoms. The zero-order valence-electron chi connectivity index (χ0n) is 11.9. The summed E-state index contributed by atoms with van der Waals surface area (Å²) in [6, 6.07) is 6.54. The normalized spacial score (nSPS) is 20.9. The average Bonchev–Trinajstić information content (AvgIpc) is 2.79. The Kier molecular flexibility index (Phi) is 3.09. The van der Waals surface area contributed by atoms with Crippen molar-refractivity contribution in [1.29, 1.82) is 0 Å². The number of halogens is 1. The molecule has 1 saturated carbocycles. The van der Waals surface area contributed by atoms with Gasteiger partial charge in [0.25, 0.3) is 0 Å². The zero-order chi connectivity index (χ0) is 13.6. The van der Waals surface area contributed by atoms with Gasteiger partial charge in [-0.15, -0.1) is 11.6 Å². The topological polar surface area (TPSA) is 17.8 Å². The lowest BCUT2D eigenvalue weighted by molar-refractivity contribution is 0.496. The maximum absolute atomic E-state index is 5.92. The quantitative estimate of drug-likeness (QED) is 0.767. The van der Waals surface area contributed by atoms with Gasteiger partial charge in [0.05, 0.1) is 11.0 Å². The van der Waals surface area contributed by atoms with Gasteiger partial charge in [-0.25, -0.2) is 4.98 Å². The maximum atomic E-state index is 5.92. The molecular weight excluding hydrogens is 256 g/mol. The van der Waals surface area contributed by atoms with Crippen LogP contribution in [0.5, 0.6) is 0 Å². The Hall–Kier alpha value is -1.02. The second-order valence-corrected chi connectivity index (χ2v) is 6.84. The van der Waals surface area contributed by atoms with Gasteiger partial charge in [0.2, 0.25) is 0 Å². The number of imidazole rings is 1. The van der Waals surface area contributed by atoms with Gasteiger partial charge in [0.1, 0.15) is 5.82 Å². The molecule has 0 aliphatic heterocycles. The third-order valence-electron chi connectivity index (χ3n) is 4.42. The van der Waals surface area contributed by atoms with Gasteiger partial charge in [-0.3, -0.25) is 0 Å². The van der Waals surface area contributed by atoms with Crippen LogP contribution in [0.4, 0.5) is 0 Å². The lowest BCUT2D eigenvalue weighted by atomic mass is 10.1. The van der Waals surface area contributed by atoms with Crippen LogP contribution in [0.25, 0.3) is 11.0 Å². The van der Waals surface area contributed by atoms with E-state index >= 15 is 0 Å². The number of aromatic nitrogens is 2. The van der Waals surface area contributed by atoms with Crippen LogP contribution >= 0.6 is 11.6 Å². The average molecular weight is 277 g/mol.